The van der Waals surface area contributed by atoms with E-state index in [4.69, 9.17) is 0 Å². The van der Waals surface area contributed by atoms with Gasteiger partial charge in [0.1, 0.15) is 11.6 Å². The molecule has 3 amide bonds. The molecule has 6 nitrogen and oxygen atoms in total. The number of carbonyl (C=O) groups excluding carboxylic acids is 3. The molecule has 0 radical (unpaired) electrons. The molecule has 2 aliphatic rings. The summed E-state index contributed by atoms with van der Waals surface area (Å²) in [5, 5.41) is 2.61. The third-order valence-corrected chi connectivity index (χ3v) is 4.16. The fraction of sp³-hybridized carbons (Fsp3) is 0.769. The van der Waals surface area contributed by atoms with Crippen LogP contribution >= 0.6 is 0 Å². The van der Waals surface area contributed by atoms with E-state index in [2.05, 4.69) is 5.32 Å². The van der Waals surface area contributed by atoms with E-state index in [1.807, 2.05) is 0 Å². The fourth-order valence-corrected chi connectivity index (χ4v) is 2.89. The van der Waals surface area contributed by atoms with Crippen LogP contribution in [0.5, 0.6) is 0 Å². The van der Waals surface area contributed by atoms with Crippen LogP contribution in [0.25, 0.3) is 0 Å². The molecule has 0 aromatic rings. The monoisotopic (exact) mass is 321 g/mol. The summed E-state index contributed by atoms with van der Waals surface area (Å²) in [6.45, 7) is 3.42. The molecule has 0 aromatic heterocycles. The van der Waals surface area contributed by atoms with Crippen molar-refractivity contribution in [3.8, 4) is 0 Å². The number of nitrogens with zero attached hydrogens (tertiary/aromatic N) is 2. The van der Waals surface area contributed by atoms with Crippen molar-refractivity contribution in [1.82, 2.24) is 15.1 Å². The molecular formula is C13H18F3N3O3. The number of hydrogen-bond donors (Lipinski definition) is 1. The quantitative estimate of drug-likeness (QED) is 0.754. The first-order valence-electron chi connectivity index (χ1n) is 7.04. The molecule has 2 fully saturated rings. The van der Waals surface area contributed by atoms with E-state index < -0.39 is 29.6 Å². The largest absolute Gasteiger partial charge is 0.471 e. The first-order chi connectivity index (χ1) is 10.1. The highest BCUT2D eigenvalue weighted by molar-refractivity contribution is 5.95. The van der Waals surface area contributed by atoms with Crippen LogP contribution in [0.15, 0.2) is 0 Å². The predicted octanol–water partition coefficient (Wildman–Crippen LogP) is 0.277. The second-order valence-electron chi connectivity index (χ2n) is 5.96. The van der Waals surface area contributed by atoms with Crippen LogP contribution in [-0.4, -0.2) is 64.9 Å². The van der Waals surface area contributed by atoms with Gasteiger partial charge in [-0.25, -0.2) is 0 Å². The normalized spacial score (nSPS) is 25.1. The number of likely N-dealkylation sites (tertiary alicyclic amines) is 1. The molecule has 22 heavy (non-hydrogen) atoms. The number of rotatable bonds is 1. The lowest BCUT2D eigenvalue weighted by Crippen LogP contribution is -2.66. The number of carbonyl (C=O) groups is 3. The smallest absolute Gasteiger partial charge is 0.352 e. The number of amides is 3. The minimum atomic E-state index is -5.00. The zero-order valence-corrected chi connectivity index (χ0v) is 12.4. The van der Waals surface area contributed by atoms with E-state index in [-0.39, 0.29) is 32.0 Å². The zero-order valence-electron chi connectivity index (χ0n) is 12.4. The lowest BCUT2D eigenvalue weighted by Gasteiger charge is -2.43. The first kappa shape index (κ1) is 16.6. The minimum Gasteiger partial charge on any atom is -0.352 e. The maximum Gasteiger partial charge on any atom is 0.471 e. The number of nitrogens with one attached hydrogen (secondary N) is 1. The van der Waals surface area contributed by atoms with Crippen LogP contribution in [0.2, 0.25) is 0 Å². The Balaban J connectivity index is 2.21. The van der Waals surface area contributed by atoms with Gasteiger partial charge in [-0.05, 0) is 26.7 Å². The zero-order chi connectivity index (χ0) is 16.7. The Morgan fingerprint density at radius 2 is 1.91 bits per heavy atom. The highest BCUT2D eigenvalue weighted by Crippen LogP contribution is 2.29. The van der Waals surface area contributed by atoms with Crippen LogP contribution in [0, 0.1) is 0 Å². The van der Waals surface area contributed by atoms with Gasteiger partial charge in [-0.2, -0.15) is 13.2 Å². The lowest BCUT2D eigenvalue weighted by molar-refractivity contribution is -0.188. The number of halogens is 3. The van der Waals surface area contributed by atoms with E-state index in [9.17, 15) is 27.6 Å². The third-order valence-electron chi connectivity index (χ3n) is 4.16. The van der Waals surface area contributed by atoms with Gasteiger partial charge in [-0.1, -0.05) is 0 Å². The topological polar surface area (TPSA) is 69.7 Å². The Hall–Kier alpha value is -1.80. The van der Waals surface area contributed by atoms with Gasteiger partial charge in [0.2, 0.25) is 11.8 Å². The molecule has 2 rings (SSSR count). The van der Waals surface area contributed by atoms with Crippen molar-refractivity contribution >= 4 is 17.7 Å². The van der Waals surface area contributed by atoms with Crippen molar-refractivity contribution in [2.45, 2.75) is 44.4 Å². The van der Waals surface area contributed by atoms with Gasteiger partial charge in [0.05, 0.1) is 0 Å². The molecule has 9 heteroatoms. The number of piperazine rings is 1. The molecule has 0 aliphatic carbocycles. The van der Waals surface area contributed by atoms with Crippen molar-refractivity contribution in [3.05, 3.63) is 0 Å². The van der Waals surface area contributed by atoms with Gasteiger partial charge >= 0.3 is 12.1 Å². The molecule has 1 atom stereocenters. The Bertz CT molecular complexity index is 504. The van der Waals surface area contributed by atoms with Crippen molar-refractivity contribution in [2.75, 3.05) is 19.6 Å². The van der Waals surface area contributed by atoms with Gasteiger partial charge in [0.15, 0.2) is 0 Å². The summed E-state index contributed by atoms with van der Waals surface area (Å²) in [5.41, 5.74) is -1.15. The van der Waals surface area contributed by atoms with Crippen molar-refractivity contribution < 1.29 is 27.6 Å². The molecule has 1 N–H and O–H groups in total. The van der Waals surface area contributed by atoms with Crippen LogP contribution in [0.3, 0.4) is 0 Å². The van der Waals surface area contributed by atoms with Crippen molar-refractivity contribution in [2.24, 2.45) is 0 Å². The summed E-state index contributed by atoms with van der Waals surface area (Å²) in [6.07, 6.45) is -4.49. The molecule has 0 spiro atoms. The molecular weight excluding hydrogens is 303 g/mol. The number of hydrogen-bond acceptors (Lipinski definition) is 3. The maximum absolute atomic E-state index is 12.6. The second kappa shape index (κ2) is 5.44. The van der Waals surface area contributed by atoms with E-state index >= 15 is 0 Å². The van der Waals surface area contributed by atoms with E-state index in [1.54, 1.807) is 0 Å². The average molecular weight is 321 g/mol. The highest BCUT2D eigenvalue weighted by atomic mass is 19.4. The molecule has 0 saturated carbocycles. The Morgan fingerprint density at radius 3 is 2.50 bits per heavy atom. The standard InChI is InChI=1S/C13H18F3N3O3/c1-12(2)10(21)17-5-7-19(12)9(20)8-4-3-6-18(8)11(22)13(14,15)16/h8H,3-7H2,1-2H3,(H,17,21). The molecule has 2 heterocycles. The van der Waals surface area contributed by atoms with Crippen LogP contribution in [-0.2, 0) is 14.4 Å². The molecule has 0 aromatic carbocycles. The second-order valence-corrected chi connectivity index (χ2v) is 5.96. The summed E-state index contributed by atoms with van der Waals surface area (Å²) in [7, 11) is 0. The van der Waals surface area contributed by atoms with Gasteiger partial charge < -0.3 is 15.1 Å². The molecule has 1 unspecified atom stereocenters. The molecule has 124 valence electrons. The van der Waals surface area contributed by atoms with E-state index in [1.165, 1.54) is 18.7 Å². The summed E-state index contributed by atoms with van der Waals surface area (Å²) in [5.74, 6) is -2.96. The molecule has 0 bridgehead atoms. The minimum absolute atomic E-state index is 0.102. The Labute approximate surface area is 125 Å². The van der Waals surface area contributed by atoms with Gasteiger partial charge in [0.25, 0.3) is 0 Å². The van der Waals surface area contributed by atoms with Gasteiger partial charge in [0, 0.05) is 19.6 Å². The summed E-state index contributed by atoms with van der Waals surface area (Å²) in [6, 6.07) is -1.15. The Morgan fingerprint density at radius 1 is 1.27 bits per heavy atom. The average Bonchev–Trinajstić information content (AvgIpc) is 2.88. The third kappa shape index (κ3) is 2.76. The van der Waals surface area contributed by atoms with Gasteiger partial charge in [-0.3, -0.25) is 14.4 Å². The Kier molecular flexibility index (Phi) is 4.09. The molecule has 2 saturated heterocycles. The highest BCUT2D eigenvalue weighted by Gasteiger charge is 2.50. The first-order valence-corrected chi connectivity index (χ1v) is 7.04. The van der Waals surface area contributed by atoms with Crippen LogP contribution in [0.4, 0.5) is 13.2 Å². The summed E-state index contributed by atoms with van der Waals surface area (Å²) < 4.78 is 37.8. The lowest BCUT2D eigenvalue weighted by atomic mass is 9.97. The van der Waals surface area contributed by atoms with Crippen molar-refractivity contribution in [1.29, 1.82) is 0 Å². The fourth-order valence-electron chi connectivity index (χ4n) is 2.89. The van der Waals surface area contributed by atoms with E-state index in [0.717, 1.165) is 0 Å². The van der Waals surface area contributed by atoms with Crippen LogP contribution in [0.1, 0.15) is 26.7 Å². The van der Waals surface area contributed by atoms with E-state index in [0.29, 0.717) is 11.3 Å². The van der Waals surface area contributed by atoms with Crippen LogP contribution < -0.4 is 5.32 Å². The summed E-state index contributed by atoms with van der Waals surface area (Å²) >= 11 is 0. The number of alkyl halides is 3. The predicted molar refractivity (Wildman–Crippen MR) is 69.6 cm³/mol. The SMILES string of the molecule is CC1(C)C(=O)NCCN1C(=O)C1CCCN1C(=O)C(F)(F)F. The van der Waals surface area contributed by atoms with Crippen molar-refractivity contribution in [3.63, 3.8) is 0 Å². The molecule has 2 aliphatic heterocycles. The maximum atomic E-state index is 12.6. The summed E-state index contributed by atoms with van der Waals surface area (Å²) in [4.78, 5) is 37.7. The van der Waals surface area contributed by atoms with Gasteiger partial charge in [-0.15, -0.1) is 0 Å².